The Labute approximate surface area is 95.5 Å². The number of aromatic nitrogens is 2. The van der Waals surface area contributed by atoms with Gasteiger partial charge < -0.3 is 9.88 Å². The van der Waals surface area contributed by atoms with Crippen LogP contribution in [-0.2, 0) is 12.8 Å². The molecule has 0 spiro atoms. The van der Waals surface area contributed by atoms with Crippen molar-refractivity contribution in [3.8, 4) is 0 Å². The molecule has 3 nitrogen and oxygen atoms in total. The van der Waals surface area contributed by atoms with Crippen molar-refractivity contribution in [2.24, 2.45) is 0 Å². The third-order valence-corrected chi connectivity index (χ3v) is 3.21. The highest BCUT2D eigenvalue weighted by Gasteiger charge is 2.12. The molecule has 0 unspecified atom stereocenters. The van der Waals surface area contributed by atoms with E-state index in [1.54, 1.807) is 0 Å². The van der Waals surface area contributed by atoms with Crippen molar-refractivity contribution in [1.29, 1.82) is 0 Å². The van der Waals surface area contributed by atoms with Gasteiger partial charge in [0.25, 0.3) is 0 Å². The van der Waals surface area contributed by atoms with Crippen LogP contribution >= 0.6 is 12.2 Å². The van der Waals surface area contributed by atoms with Crippen LogP contribution in [-0.4, -0.2) is 24.1 Å². The summed E-state index contributed by atoms with van der Waals surface area (Å²) < 4.78 is 0.786. The summed E-state index contributed by atoms with van der Waals surface area (Å²) in [5.41, 5.74) is 2.57. The smallest absolute Gasteiger partial charge is 0.203 e. The first-order valence-corrected chi connectivity index (χ1v) is 5.88. The minimum Gasteiger partial charge on any atom is -0.349 e. The first-order valence-electron chi connectivity index (χ1n) is 5.48. The Kier molecular flexibility index (Phi) is 3.05. The average Bonchev–Trinajstić information content (AvgIpc) is 2.42. The molecular weight excluding hydrogens is 206 g/mol. The summed E-state index contributed by atoms with van der Waals surface area (Å²) >= 11 is 5.35. The predicted molar refractivity (Wildman–Crippen MR) is 65.0 cm³/mol. The molecule has 1 aromatic heterocycles. The van der Waals surface area contributed by atoms with Gasteiger partial charge in [-0.05, 0) is 25.7 Å². The third-order valence-electron chi connectivity index (χ3n) is 2.87. The number of hydrogen-bond donors (Lipinski definition) is 1. The van der Waals surface area contributed by atoms with Crippen LogP contribution in [0.3, 0.4) is 0 Å². The summed E-state index contributed by atoms with van der Waals surface area (Å²) in [5.74, 6) is 0.876. The topological polar surface area (TPSA) is 31.9 Å². The van der Waals surface area contributed by atoms with Gasteiger partial charge in [0.15, 0.2) is 0 Å². The van der Waals surface area contributed by atoms with Gasteiger partial charge in [0, 0.05) is 25.4 Å². The van der Waals surface area contributed by atoms with Gasteiger partial charge in [-0.1, -0.05) is 18.6 Å². The number of rotatable bonds is 1. The number of nitrogens with zero attached hydrogens (tertiary/aromatic N) is 2. The van der Waals surface area contributed by atoms with Crippen LogP contribution in [0.15, 0.2) is 0 Å². The van der Waals surface area contributed by atoms with Crippen LogP contribution < -0.4 is 4.90 Å². The van der Waals surface area contributed by atoms with E-state index in [0.717, 1.165) is 23.4 Å². The molecule has 0 bridgehead atoms. The van der Waals surface area contributed by atoms with E-state index in [1.165, 1.54) is 30.5 Å². The molecule has 0 fully saturated rings. The van der Waals surface area contributed by atoms with Crippen molar-refractivity contribution in [2.45, 2.75) is 32.1 Å². The number of anilines is 1. The second-order valence-corrected chi connectivity index (χ2v) is 4.66. The molecule has 82 valence electrons. The molecule has 4 heteroatoms. The van der Waals surface area contributed by atoms with Crippen LogP contribution in [0.5, 0.6) is 0 Å². The zero-order valence-corrected chi connectivity index (χ0v) is 10.2. The van der Waals surface area contributed by atoms with Crippen molar-refractivity contribution in [3.05, 3.63) is 15.9 Å². The first-order chi connectivity index (χ1) is 7.18. The van der Waals surface area contributed by atoms with E-state index in [4.69, 9.17) is 12.2 Å². The Balaban J connectivity index is 2.49. The van der Waals surface area contributed by atoms with Gasteiger partial charge in [-0.15, -0.1) is 0 Å². The van der Waals surface area contributed by atoms with Gasteiger partial charge in [0.05, 0.1) is 0 Å². The van der Waals surface area contributed by atoms with Gasteiger partial charge >= 0.3 is 0 Å². The van der Waals surface area contributed by atoms with E-state index in [-0.39, 0.29) is 0 Å². The summed E-state index contributed by atoms with van der Waals surface area (Å²) in [6.45, 7) is 0. The molecule has 1 aliphatic rings. The van der Waals surface area contributed by atoms with Crippen molar-refractivity contribution < 1.29 is 0 Å². The lowest BCUT2D eigenvalue weighted by atomic mass is 10.1. The van der Waals surface area contributed by atoms with Gasteiger partial charge in [-0.25, -0.2) is 4.98 Å². The highest BCUT2D eigenvalue weighted by atomic mass is 32.1. The quantitative estimate of drug-likeness (QED) is 0.586. The number of hydrogen-bond acceptors (Lipinski definition) is 3. The minimum atomic E-state index is 0.786. The average molecular weight is 223 g/mol. The molecule has 0 radical (unpaired) electrons. The molecule has 1 N–H and O–H groups in total. The van der Waals surface area contributed by atoms with Crippen LogP contribution in [0.1, 0.15) is 30.5 Å². The Morgan fingerprint density at radius 2 is 1.93 bits per heavy atom. The Bertz CT molecular complexity index is 409. The fourth-order valence-electron chi connectivity index (χ4n) is 1.99. The van der Waals surface area contributed by atoms with E-state index in [1.807, 2.05) is 19.0 Å². The highest BCUT2D eigenvalue weighted by Crippen LogP contribution is 2.21. The number of nitrogens with one attached hydrogen (secondary N) is 1. The summed E-state index contributed by atoms with van der Waals surface area (Å²) in [6, 6.07) is 0. The molecule has 0 amide bonds. The SMILES string of the molecule is CN(C)c1nc(=S)c2c([nH]1)CCCCC2. The molecule has 2 rings (SSSR count). The molecule has 0 aromatic carbocycles. The largest absolute Gasteiger partial charge is 0.349 e. The zero-order valence-electron chi connectivity index (χ0n) is 9.34. The normalized spacial score (nSPS) is 15.6. The minimum absolute atomic E-state index is 0.786. The lowest BCUT2D eigenvalue weighted by Gasteiger charge is -2.14. The molecule has 0 saturated heterocycles. The predicted octanol–water partition coefficient (Wildman–Crippen LogP) is 2.47. The van der Waals surface area contributed by atoms with Gasteiger partial charge in [-0.2, -0.15) is 0 Å². The van der Waals surface area contributed by atoms with E-state index < -0.39 is 0 Å². The number of fused-ring (bicyclic) bond motifs is 1. The summed E-state index contributed by atoms with van der Waals surface area (Å²) in [6.07, 6.45) is 6.00. The molecule has 1 aromatic rings. The van der Waals surface area contributed by atoms with Gasteiger partial charge in [-0.3, -0.25) is 0 Å². The maximum atomic E-state index is 5.35. The van der Waals surface area contributed by atoms with Gasteiger partial charge in [0.1, 0.15) is 4.64 Å². The maximum Gasteiger partial charge on any atom is 0.203 e. The fraction of sp³-hybridized carbons (Fsp3) is 0.636. The summed E-state index contributed by atoms with van der Waals surface area (Å²) in [4.78, 5) is 9.78. The molecule has 1 aliphatic carbocycles. The molecule has 15 heavy (non-hydrogen) atoms. The van der Waals surface area contributed by atoms with Crippen molar-refractivity contribution in [3.63, 3.8) is 0 Å². The third kappa shape index (κ3) is 2.20. The fourth-order valence-corrected chi connectivity index (χ4v) is 2.31. The Morgan fingerprint density at radius 1 is 1.20 bits per heavy atom. The number of H-pyrrole nitrogens is 1. The Morgan fingerprint density at radius 3 is 2.67 bits per heavy atom. The van der Waals surface area contributed by atoms with Crippen molar-refractivity contribution >= 4 is 18.2 Å². The Hall–Kier alpha value is -0.900. The van der Waals surface area contributed by atoms with E-state index >= 15 is 0 Å². The molecule has 0 aliphatic heterocycles. The lowest BCUT2D eigenvalue weighted by Crippen LogP contribution is -2.15. The van der Waals surface area contributed by atoms with Crippen molar-refractivity contribution in [2.75, 3.05) is 19.0 Å². The molecule has 0 saturated carbocycles. The van der Waals surface area contributed by atoms with Crippen LogP contribution in [0, 0.1) is 4.64 Å². The van der Waals surface area contributed by atoms with Crippen LogP contribution in [0.25, 0.3) is 0 Å². The molecule has 1 heterocycles. The number of aryl methyl sites for hydroxylation is 1. The number of aromatic amines is 1. The maximum absolute atomic E-state index is 5.35. The van der Waals surface area contributed by atoms with Crippen LogP contribution in [0.2, 0.25) is 0 Å². The van der Waals surface area contributed by atoms with Crippen molar-refractivity contribution in [1.82, 2.24) is 9.97 Å². The van der Waals surface area contributed by atoms with Crippen LogP contribution in [0.4, 0.5) is 5.95 Å². The lowest BCUT2D eigenvalue weighted by molar-refractivity contribution is 0.708. The second-order valence-electron chi connectivity index (χ2n) is 4.28. The summed E-state index contributed by atoms with van der Waals surface area (Å²) in [5, 5.41) is 0. The monoisotopic (exact) mass is 223 g/mol. The van der Waals surface area contributed by atoms with E-state index in [0.29, 0.717) is 0 Å². The summed E-state index contributed by atoms with van der Waals surface area (Å²) in [7, 11) is 3.97. The molecule has 0 atom stereocenters. The second kappa shape index (κ2) is 4.31. The van der Waals surface area contributed by atoms with E-state index in [2.05, 4.69) is 9.97 Å². The standard InChI is InChI=1S/C11H17N3S/c1-14(2)11-12-9-7-5-3-4-6-8(9)10(15)13-11/h3-7H2,1-2H3,(H,12,13,15). The van der Waals surface area contributed by atoms with E-state index in [9.17, 15) is 0 Å². The highest BCUT2D eigenvalue weighted by molar-refractivity contribution is 7.71. The molecular formula is C11H17N3S. The zero-order chi connectivity index (χ0) is 10.8. The van der Waals surface area contributed by atoms with Gasteiger partial charge in [0.2, 0.25) is 5.95 Å². The first kappa shape index (κ1) is 10.6.